The molecule has 30 heavy (non-hydrogen) atoms. The van der Waals surface area contributed by atoms with Gasteiger partial charge in [-0.3, -0.25) is 4.90 Å². The van der Waals surface area contributed by atoms with Crippen molar-refractivity contribution < 1.29 is 4.74 Å². The molecule has 1 saturated heterocycles. The van der Waals surface area contributed by atoms with Crippen molar-refractivity contribution in [2.75, 3.05) is 13.2 Å². The summed E-state index contributed by atoms with van der Waals surface area (Å²) < 4.78 is 6.13. The summed E-state index contributed by atoms with van der Waals surface area (Å²) in [6.07, 6.45) is 6.52. The number of hydrogen-bond donors (Lipinski definition) is 0. The number of pyridine rings is 1. The molecule has 3 aromatic rings. The van der Waals surface area contributed by atoms with Gasteiger partial charge < -0.3 is 4.74 Å². The summed E-state index contributed by atoms with van der Waals surface area (Å²) in [5.41, 5.74) is 2.77. The average Bonchev–Trinajstić information content (AvgIpc) is 2.78. The quantitative estimate of drug-likeness (QED) is 0.592. The van der Waals surface area contributed by atoms with Crippen LogP contribution in [0.4, 0.5) is 0 Å². The highest BCUT2D eigenvalue weighted by Crippen LogP contribution is 2.23. The zero-order valence-corrected chi connectivity index (χ0v) is 17.7. The van der Waals surface area contributed by atoms with Crippen LogP contribution in [0.25, 0.3) is 11.2 Å². The SMILES string of the molecule is CC(C)N1CCCCC1CCOc1nc2cccnc2nc1C#Cc1ccccc1. The van der Waals surface area contributed by atoms with E-state index in [0.29, 0.717) is 35.9 Å². The Labute approximate surface area is 178 Å². The van der Waals surface area contributed by atoms with Gasteiger partial charge in [-0.15, -0.1) is 0 Å². The van der Waals surface area contributed by atoms with Gasteiger partial charge in [0.25, 0.3) is 0 Å². The lowest BCUT2D eigenvalue weighted by Gasteiger charge is -2.38. The Hall–Kier alpha value is -2.97. The van der Waals surface area contributed by atoms with Crippen LogP contribution in [-0.4, -0.2) is 45.1 Å². The van der Waals surface area contributed by atoms with Crippen molar-refractivity contribution in [3.8, 4) is 17.7 Å². The van der Waals surface area contributed by atoms with Gasteiger partial charge in [-0.25, -0.2) is 15.0 Å². The van der Waals surface area contributed by atoms with E-state index >= 15 is 0 Å². The topological polar surface area (TPSA) is 51.1 Å². The molecular formula is C25H28N4O. The van der Waals surface area contributed by atoms with Gasteiger partial charge in [-0.2, -0.15) is 0 Å². The van der Waals surface area contributed by atoms with Gasteiger partial charge in [-0.1, -0.05) is 30.5 Å². The summed E-state index contributed by atoms with van der Waals surface area (Å²) in [5, 5.41) is 0. The number of ether oxygens (including phenoxy) is 1. The maximum absolute atomic E-state index is 6.13. The second kappa shape index (κ2) is 9.69. The van der Waals surface area contributed by atoms with E-state index in [1.165, 1.54) is 25.8 Å². The van der Waals surface area contributed by atoms with Gasteiger partial charge in [0.05, 0.1) is 6.61 Å². The molecule has 1 aliphatic heterocycles. The molecule has 154 valence electrons. The van der Waals surface area contributed by atoms with Crippen molar-refractivity contribution in [2.45, 2.75) is 51.6 Å². The molecule has 5 heteroatoms. The van der Waals surface area contributed by atoms with Crippen LogP contribution in [-0.2, 0) is 0 Å². The third kappa shape index (κ3) is 4.95. The number of aromatic nitrogens is 3. The molecule has 1 aromatic carbocycles. The second-order valence-corrected chi connectivity index (χ2v) is 7.96. The first kappa shape index (κ1) is 20.3. The zero-order chi connectivity index (χ0) is 20.8. The van der Waals surface area contributed by atoms with Crippen molar-refractivity contribution >= 4 is 11.2 Å². The fourth-order valence-electron chi connectivity index (χ4n) is 4.02. The van der Waals surface area contributed by atoms with Crippen LogP contribution >= 0.6 is 0 Å². The molecule has 0 radical (unpaired) electrons. The highest BCUT2D eigenvalue weighted by molar-refractivity contribution is 5.71. The summed E-state index contributed by atoms with van der Waals surface area (Å²) in [6.45, 7) is 6.34. The molecule has 4 rings (SSSR count). The largest absolute Gasteiger partial charge is 0.476 e. The average molecular weight is 401 g/mol. The third-order valence-electron chi connectivity index (χ3n) is 5.53. The molecule has 2 aromatic heterocycles. The monoisotopic (exact) mass is 400 g/mol. The number of rotatable bonds is 5. The van der Waals surface area contributed by atoms with Crippen molar-refractivity contribution in [3.05, 3.63) is 59.9 Å². The Kier molecular flexibility index (Phi) is 6.56. The number of hydrogen-bond acceptors (Lipinski definition) is 5. The standard InChI is InChI=1S/C25H28N4O/c1-19(2)29-17-7-6-11-21(29)15-18-30-25-23(14-13-20-9-4-3-5-10-20)27-24-22(28-25)12-8-16-26-24/h3-5,8-10,12,16,19,21H,6-7,11,15,17-18H2,1-2H3. The molecular weight excluding hydrogens is 372 g/mol. The number of nitrogens with zero attached hydrogens (tertiary/aromatic N) is 4. The van der Waals surface area contributed by atoms with Crippen LogP contribution in [0.5, 0.6) is 5.88 Å². The van der Waals surface area contributed by atoms with E-state index in [4.69, 9.17) is 4.74 Å². The van der Waals surface area contributed by atoms with E-state index in [2.05, 4.69) is 45.5 Å². The first-order chi connectivity index (χ1) is 14.7. The lowest BCUT2D eigenvalue weighted by atomic mass is 9.98. The van der Waals surface area contributed by atoms with Gasteiger partial charge >= 0.3 is 0 Å². The maximum atomic E-state index is 6.13. The highest BCUT2D eigenvalue weighted by atomic mass is 16.5. The van der Waals surface area contributed by atoms with Crippen LogP contribution in [0, 0.1) is 11.8 Å². The molecule has 5 nitrogen and oxygen atoms in total. The van der Waals surface area contributed by atoms with Gasteiger partial charge in [-0.05, 0) is 69.8 Å². The van der Waals surface area contributed by atoms with Crippen molar-refractivity contribution in [1.82, 2.24) is 19.9 Å². The van der Waals surface area contributed by atoms with Gasteiger partial charge in [0, 0.05) is 23.8 Å². The van der Waals surface area contributed by atoms with Crippen LogP contribution < -0.4 is 4.74 Å². The van der Waals surface area contributed by atoms with Crippen LogP contribution in [0.1, 0.15) is 50.8 Å². The predicted molar refractivity (Wildman–Crippen MR) is 119 cm³/mol. The van der Waals surface area contributed by atoms with Crippen molar-refractivity contribution in [1.29, 1.82) is 0 Å². The summed E-state index contributed by atoms with van der Waals surface area (Å²) in [5.74, 6) is 6.79. The Balaban J connectivity index is 1.54. The summed E-state index contributed by atoms with van der Waals surface area (Å²) in [6, 6.07) is 14.8. The zero-order valence-electron chi connectivity index (χ0n) is 17.7. The van der Waals surface area contributed by atoms with Crippen LogP contribution in [0.2, 0.25) is 0 Å². The molecule has 1 fully saturated rings. The minimum Gasteiger partial charge on any atom is -0.476 e. The second-order valence-electron chi connectivity index (χ2n) is 7.96. The molecule has 3 heterocycles. The Bertz CT molecular complexity index is 1040. The fraction of sp³-hybridized carbons (Fsp3) is 0.400. The summed E-state index contributed by atoms with van der Waals surface area (Å²) >= 11 is 0. The van der Waals surface area contributed by atoms with E-state index in [1.54, 1.807) is 6.20 Å². The molecule has 1 atom stereocenters. The summed E-state index contributed by atoms with van der Waals surface area (Å²) in [4.78, 5) is 16.2. The Morgan fingerprint density at radius 2 is 1.93 bits per heavy atom. The van der Waals surface area contributed by atoms with Crippen LogP contribution in [0.3, 0.4) is 0 Å². The molecule has 1 aliphatic rings. The van der Waals surface area contributed by atoms with E-state index in [9.17, 15) is 0 Å². The van der Waals surface area contributed by atoms with Crippen LogP contribution in [0.15, 0.2) is 48.7 Å². The first-order valence-corrected chi connectivity index (χ1v) is 10.8. The van der Waals surface area contributed by atoms with E-state index in [0.717, 1.165) is 17.5 Å². The normalized spacial score (nSPS) is 17.0. The number of piperidine rings is 1. The summed E-state index contributed by atoms with van der Waals surface area (Å²) in [7, 11) is 0. The molecule has 0 amide bonds. The maximum Gasteiger partial charge on any atom is 0.249 e. The molecule has 0 bridgehead atoms. The van der Waals surface area contributed by atoms with Crippen molar-refractivity contribution in [3.63, 3.8) is 0 Å². The van der Waals surface area contributed by atoms with Gasteiger partial charge in [0.15, 0.2) is 11.3 Å². The Morgan fingerprint density at radius 1 is 1.07 bits per heavy atom. The number of likely N-dealkylation sites (tertiary alicyclic amines) is 1. The lowest BCUT2D eigenvalue weighted by molar-refractivity contribution is 0.0925. The smallest absolute Gasteiger partial charge is 0.249 e. The molecule has 1 unspecified atom stereocenters. The third-order valence-corrected chi connectivity index (χ3v) is 5.53. The van der Waals surface area contributed by atoms with E-state index in [-0.39, 0.29) is 0 Å². The van der Waals surface area contributed by atoms with Gasteiger partial charge in [0.2, 0.25) is 5.88 Å². The minimum absolute atomic E-state index is 0.492. The molecule has 0 saturated carbocycles. The van der Waals surface area contributed by atoms with E-state index in [1.807, 2.05) is 42.5 Å². The first-order valence-electron chi connectivity index (χ1n) is 10.8. The fourth-order valence-corrected chi connectivity index (χ4v) is 4.02. The molecule has 0 N–H and O–H groups in total. The number of benzene rings is 1. The lowest BCUT2D eigenvalue weighted by Crippen LogP contribution is -2.44. The molecule has 0 aliphatic carbocycles. The van der Waals surface area contributed by atoms with Gasteiger partial charge in [0.1, 0.15) is 5.52 Å². The van der Waals surface area contributed by atoms with E-state index < -0.39 is 0 Å². The molecule has 0 spiro atoms. The predicted octanol–water partition coefficient (Wildman–Crippen LogP) is 4.46. The highest BCUT2D eigenvalue weighted by Gasteiger charge is 2.24. The Morgan fingerprint density at radius 3 is 2.77 bits per heavy atom. The number of fused-ring (bicyclic) bond motifs is 1. The van der Waals surface area contributed by atoms with Crippen molar-refractivity contribution in [2.24, 2.45) is 0 Å². The minimum atomic E-state index is 0.492.